The zero-order chi connectivity index (χ0) is 20.4. The topological polar surface area (TPSA) is 49.8 Å². The van der Waals surface area contributed by atoms with Crippen LogP contribution in [-0.2, 0) is 13.0 Å². The zero-order valence-electron chi connectivity index (χ0n) is 16.1. The SMILES string of the molecule is Cc1ccccc1-c1cc(F)cc2c1OC(CN(Cc1ccccc1)C(=O)O)C2. The molecule has 1 aliphatic rings. The first kappa shape index (κ1) is 19.0. The lowest BCUT2D eigenvalue weighted by Gasteiger charge is -2.23. The van der Waals surface area contributed by atoms with Gasteiger partial charge in [-0.15, -0.1) is 0 Å². The lowest BCUT2D eigenvalue weighted by atomic mass is 9.97. The van der Waals surface area contributed by atoms with Gasteiger partial charge in [-0.2, -0.15) is 0 Å². The van der Waals surface area contributed by atoms with E-state index in [1.807, 2.05) is 61.5 Å². The average molecular weight is 391 g/mol. The molecule has 4 nitrogen and oxygen atoms in total. The second-order valence-corrected chi connectivity index (χ2v) is 7.35. The van der Waals surface area contributed by atoms with Gasteiger partial charge < -0.3 is 14.7 Å². The number of fused-ring (bicyclic) bond motifs is 1. The number of carboxylic acid groups (broad SMARTS) is 1. The van der Waals surface area contributed by atoms with E-state index in [4.69, 9.17) is 4.74 Å². The molecule has 148 valence electrons. The summed E-state index contributed by atoms with van der Waals surface area (Å²) in [5.41, 5.74) is 4.35. The highest BCUT2D eigenvalue weighted by molar-refractivity contribution is 5.75. The van der Waals surface area contributed by atoms with E-state index in [0.29, 0.717) is 17.7 Å². The normalized spacial score (nSPS) is 14.9. The lowest BCUT2D eigenvalue weighted by molar-refractivity contribution is 0.113. The summed E-state index contributed by atoms with van der Waals surface area (Å²) in [6, 6.07) is 20.2. The van der Waals surface area contributed by atoms with E-state index < -0.39 is 6.09 Å². The number of carbonyl (C=O) groups is 1. The van der Waals surface area contributed by atoms with Gasteiger partial charge in [-0.05, 0) is 35.7 Å². The molecule has 0 fully saturated rings. The van der Waals surface area contributed by atoms with Crippen molar-refractivity contribution in [3.8, 4) is 16.9 Å². The van der Waals surface area contributed by atoms with Gasteiger partial charge in [-0.25, -0.2) is 9.18 Å². The molecular weight excluding hydrogens is 369 g/mol. The maximum absolute atomic E-state index is 14.3. The molecule has 1 N–H and O–H groups in total. The van der Waals surface area contributed by atoms with Crippen LogP contribution in [-0.4, -0.2) is 28.7 Å². The van der Waals surface area contributed by atoms with Crippen LogP contribution in [0, 0.1) is 12.7 Å². The van der Waals surface area contributed by atoms with Crippen molar-refractivity contribution in [2.45, 2.75) is 26.0 Å². The third kappa shape index (κ3) is 4.09. The van der Waals surface area contributed by atoms with E-state index in [9.17, 15) is 14.3 Å². The van der Waals surface area contributed by atoms with Crippen LogP contribution in [0.1, 0.15) is 16.7 Å². The molecule has 0 bridgehead atoms. The Labute approximate surface area is 169 Å². The molecule has 5 heteroatoms. The van der Waals surface area contributed by atoms with Gasteiger partial charge in [0, 0.05) is 24.1 Å². The maximum Gasteiger partial charge on any atom is 0.407 e. The van der Waals surface area contributed by atoms with Gasteiger partial charge in [0.2, 0.25) is 0 Å². The van der Waals surface area contributed by atoms with Gasteiger partial charge in [0.05, 0.1) is 6.54 Å². The highest BCUT2D eigenvalue weighted by Gasteiger charge is 2.30. The first-order valence-corrected chi connectivity index (χ1v) is 9.58. The fraction of sp³-hybridized carbons (Fsp3) is 0.208. The van der Waals surface area contributed by atoms with Crippen LogP contribution in [0.3, 0.4) is 0 Å². The summed E-state index contributed by atoms with van der Waals surface area (Å²) >= 11 is 0. The molecule has 1 aliphatic heterocycles. The minimum absolute atomic E-state index is 0.216. The van der Waals surface area contributed by atoms with Crippen molar-refractivity contribution in [1.29, 1.82) is 0 Å². The number of hydrogen-bond acceptors (Lipinski definition) is 2. The largest absolute Gasteiger partial charge is 0.487 e. The highest BCUT2D eigenvalue weighted by atomic mass is 19.1. The second-order valence-electron chi connectivity index (χ2n) is 7.35. The molecular formula is C24H22FNO3. The van der Waals surface area contributed by atoms with E-state index in [-0.39, 0.29) is 25.0 Å². The van der Waals surface area contributed by atoms with Crippen molar-refractivity contribution in [3.63, 3.8) is 0 Å². The van der Waals surface area contributed by atoms with Crippen LogP contribution >= 0.6 is 0 Å². The van der Waals surface area contributed by atoms with Crippen LogP contribution in [0.5, 0.6) is 5.75 Å². The zero-order valence-corrected chi connectivity index (χ0v) is 16.1. The highest BCUT2D eigenvalue weighted by Crippen LogP contribution is 2.41. The van der Waals surface area contributed by atoms with Crippen molar-refractivity contribution in [3.05, 3.63) is 89.2 Å². The van der Waals surface area contributed by atoms with Crippen LogP contribution in [0.2, 0.25) is 0 Å². The average Bonchev–Trinajstić information content (AvgIpc) is 3.10. The number of benzene rings is 3. The maximum atomic E-state index is 14.3. The molecule has 1 atom stereocenters. The molecule has 29 heavy (non-hydrogen) atoms. The van der Waals surface area contributed by atoms with Gasteiger partial charge in [0.15, 0.2) is 0 Å². The first-order valence-electron chi connectivity index (χ1n) is 9.58. The molecule has 0 radical (unpaired) electrons. The fourth-order valence-corrected chi connectivity index (χ4v) is 3.83. The quantitative estimate of drug-likeness (QED) is 0.643. The summed E-state index contributed by atoms with van der Waals surface area (Å²) < 4.78 is 20.4. The number of nitrogens with zero attached hydrogens (tertiary/aromatic N) is 1. The smallest absolute Gasteiger partial charge is 0.407 e. The molecule has 3 aromatic carbocycles. The second kappa shape index (κ2) is 7.95. The summed E-state index contributed by atoms with van der Waals surface area (Å²) in [5, 5.41) is 9.64. The summed E-state index contributed by atoms with van der Waals surface area (Å²) in [7, 11) is 0. The molecule has 0 aromatic heterocycles. The van der Waals surface area contributed by atoms with E-state index in [0.717, 1.165) is 22.3 Å². The Bertz CT molecular complexity index is 1040. The Kier molecular flexibility index (Phi) is 5.21. The minimum atomic E-state index is -1.00. The summed E-state index contributed by atoms with van der Waals surface area (Å²) in [5.74, 6) is 0.335. The Balaban J connectivity index is 1.58. The molecule has 4 rings (SSSR count). The summed E-state index contributed by atoms with van der Waals surface area (Å²) in [4.78, 5) is 13.1. The molecule has 1 heterocycles. The van der Waals surface area contributed by atoms with Gasteiger partial charge in [0.25, 0.3) is 0 Å². The van der Waals surface area contributed by atoms with E-state index in [1.165, 1.54) is 17.0 Å². The monoisotopic (exact) mass is 391 g/mol. The molecule has 1 unspecified atom stereocenters. The third-order valence-electron chi connectivity index (χ3n) is 5.21. The molecule has 0 saturated carbocycles. The summed E-state index contributed by atoms with van der Waals surface area (Å²) in [6.45, 7) is 2.48. The van der Waals surface area contributed by atoms with Crippen molar-refractivity contribution in [2.24, 2.45) is 0 Å². The van der Waals surface area contributed by atoms with Crippen LogP contribution < -0.4 is 4.74 Å². The Morgan fingerprint density at radius 3 is 2.55 bits per heavy atom. The minimum Gasteiger partial charge on any atom is -0.487 e. The van der Waals surface area contributed by atoms with Crippen molar-refractivity contribution >= 4 is 6.09 Å². The molecule has 0 spiro atoms. The van der Waals surface area contributed by atoms with Crippen LogP contribution in [0.25, 0.3) is 11.1 Å². The number of aryl methyl sites for hydroxylation is 1. The number of ether oxygens (including phenoxy) is 1. The van der Waals surface area contributed by atoms with E-state index in [2.05, 4.69) is 0 Å². The van der Waals surface area contributed by atoms with Crippen molar-refractivity contribution < 1.29 is 19.0 Å². The van der Waals surface area contributed by atoms with E-state index >= 15 is 0 Å². The van der Waals surface area contributed by atoms with Crippen LogP contribution in [0.15, 0.2) is 66.7 Å². The third-order valence-corrected chi connectivity index (χ3v) is 5.21. The van der Waals surface area contributed by atoms with Crippen molar-refractivity contribution in [1.82, 2.24) is 4.90 Å². The van der Waals surface area contributed by atoms with Crippen LogP contribution in [0.4, 0.5) is 9.18 Å². The number of amides is 1. The first-order chi connectivity index (χ1) is 14.0. The Hall–Kier alpha value is -3.34. The predicted molar refractivity (Wildman–Crippen MR) is 110 cm³/mol. The van der Waals surface area contributed by atoms with E-state index in [1.54, 1.807) is 0 Å². The standard InChI is InChI=1S/C24H22FNO3/c1-16-7-5-6-10-21(16)22-13-19(25)11-18-12-20(29-23(18)22)15-26(24(27)28)14-17-8-3-2-4-9-17/h2-11,13,20H,12,14-15H2,1H3,(H,27,28). The van der Waals surface area contributed by atoms with Gasteiger partial charge in [-0.3, -0.25) is 0 Å². The Morgan fingerprint density at radius 2 is 1.83 bits per heavy atom. The molecule has 1 amide bonds. The molecule has 0 aliphatic carbocycles. The van der Waals surface area contributed by atoms with Gasteiger partial charge in [-0.1, -0.05) is 54.6 Å². The van der Waals surface area contributed by atoms with Crippen molar-refractivity contribution in [2.75, 3.05) is 6.54 Å². The van der Waals surface area contributed by atoms with Gasteiger partial charge in [0.1, 0.15) is 17.7 Å². The fourth-order valence-electron chi connectivity index (χ4n) is 3.83. The lowest BCUT2D eigenvalue weighted by Crippen LogP contribution is -2.37. The Morgan fingerprint density at radius 1 is 1.10 bits per heavy atom. The number of hydrogen-bond donors (Lipinski definition) is 1. The predicted octanol–water partition coefficient (Wildman–Crippen LogP) is 5.28. The van der Waals surface area contributed by atoms with Gasteiger partial charge >= 0.3 is 6.09 Å². The number of rotatable bonds is 5. The summed E-state index contributed by atoms with van der Waals surface area (Å²) in [6.07, 6.45) is -0.877. The molecule has 0 saturated heterocycles. The number of halogens is 1. The molecule has 3 aromatic rings.